The number of nitrogens with two attached hydrogens (primary N) is 1. The van der Waals surface area contributed by atoms with Crippen LogP contribution in [0.5, 0.6) is 0 Å². The van der Waals surface area contributed by atoms with E-state index >= 15 is 0 Å². The van der Waals surface area contributed by atoms with Crippen LogP contribution in [0.3, 0.4) is 0 Å². The second-order valence-corrected chi connectivity index (χ2v) is 5.67. The van der Waals surface area contributed by atoms with Crippen molar-refractivity contribution in [3.05, 3.63) is 35.6 Å². The fourth-order valence-electron chi connectivity index (χ4n) is 2.91. The third kappa shape index (κ3) is 3.57. The van der Waals surface area contributed by atoms with E-state index in [0.717, 1.165) is 19.3 Å². The number of carbonyl (C=O) groups excluding carboxylic acids is 1. The van der Waals surface area contributed by atoms with Gasteiger partial charge in [-0.15, -0.1) is 0 Å². The summed E-state index contributed by atoms with van der Waals surface area (Å²) in [6.07, 6.45) is 4.39. The molecule has 3 nitrogen and oxygen atoms in total. The molecule has 1 saturated carbocycles. The fraction of sp³-hybridized carbons (Fsp3) is 0.562. The first-order valence-electron chi connectivity index (χ1n) is 7.37. The van der Waals surface area contributed by atoms with Gasteiger partial charge in [0.25, 0.3) is 0 Å². The van der Waals surface area contributed by atoms with Crippen LogP contribution in [-0.4, -0.2) is 18.5 Å². The molecular formula is C16H23FN2O. The number of hydrogen-bond donors (Lipinski definition) is 2. The Kier molecular flexibility index (Phi) is 5.12. The van der Waals surface area contributed by atoms with Crippen molar-refractivity contribution in [1.82, 2.24) is 5.32 Å². The van der Waals surface area contributed by atoms with Crippen molar-refractivity contribution >= 4 is 5.91 Å². The summed E-state index contributed by atoms with van der Waals surface area (Å²) in [6, 6.07) is 6.40. The molecule has 3 atom stereocenters. The van der Waals surface area contributed by atoms with Gasteiger partial charge in [-0.25, -0.2) is 4.39 Å². The van der Waals surface area contributed by atoms with E-state index < -0.39 is 0 Å². The first-order chi connectivity index (χ1) is 9.61. The maximum Gasteiger partial charge on any atom is 0.227 e. The number of halogens is 1. The van der Waals surface area contributed by atoms with E-state index in [2.05, 4.69) is 5.32 Å². The minimum absolute atomic E-state index is 0.0408. The molecule has 0 spiro atoms. The SMILES string of the molecule is CC(C(=O)NC1CCCCC1CN)c1cccc(F)c1. The average Bonchev–Trinajstić information content (AvgIpc) is 2.47. The first kappa shape index (κ1) is 15.0. The van der Waals surface area contributed by atoms with Gasteiger partial charge >= 0.3 is 0 Å². The maximum atomic E-state index is 13.2. The molecule has 1 aliphatic rings. The van der Waals surface area contributed by atoms with Crippen molar-refractivity contribution in [2.45, 2.75) is 44.6 Å². The zero-order chi connectivity index (χ0) is 14.5. The topological polar surface area (TPSA) is 55.1 Å². The first-order valence-corrected chi connectivity index (χ1v) is 7.37. The van der Waals surface area contributed by atoms with Crippen molar-refractivity contribution in [2.24, 2.45) is 11.7 Å². The van der Waals surface area contributed by atoms with E-state index in [1.807, 2.05) is 6.92 Å². The minimum Gasteiger partial charge on any atom is -0.353 e. The van der Waals surface area contributed by atoms with Crippen LogP contribution in [0.25, 0.3) is 0 Å². The molecular weight excluding hydrogens is 255 g/mol. The Bertz CT molecular complexity index is 464. The highest BCUT2D eigenvalue weighted by atomic mass is 19.1. The summed E-state index contributed by atoms with van der Waals surface area (Å²) < 4.78 is 13.2. The van der Waals surface area contributed by atoms with Gasteiger partial charge in [0.1, 0.15) is 5.82 Å². The van der Waals surface area contributed by atoms with E-state index in [-0.39, 0.29) is 23.7 Å². The highest BCUT2D eigenvalue weighted by Crippen LogP contribution is 2.25. The normalized spacial score (nSPS) is 24.1. The van der Waals surface area contributed by atoms with Crippen molar-refractivity contribution < 1.29 is 9.18 Å². The molecule has 1 amide bonds. The molecule has 0 heterocycles. The zero-order valence-electron chi connectivity index (χ0n) is 11.9. The molecule has 110 valence electrons. The summed E-state index contributed by atoms with van der Waals surface area (Å²) in [4.78, 5) is 12.3. The lowest BCUT2D eigenvalue weighted by atomic mass is 9.84. The summed E-state index contributed by atoms with van der Waals surface area (Å²) in [5.41, 5.74) is 6.49. The monoisotopic (exact) mass is 278 g/mol. The molecule has 3 unspecified atom stereocenters. The van der Waals surface area contributed by atoms with Gasteiger partial charge in [-0.2, -0.15) is 0 Å². The smallest absolute Gasteiger partial charge is 0.227 e. The molecule has 0 bridgehead atoms. The Morgan fingerprint density at radius 3 is 2.90 bits per heavy atom. The van der Waals surface area contributed by atoms with Gasteiger partial charge in [-0.05, 0) is 49.9 Å². The van der Waals surface area contributed by atoms with E-state index in [1.54, 1.807) is 12.1 Å². The molecule has 1 fully saturated rings. The average molecular weight is 278 g/mol. The Hall–Kier alpha value is -1.42. The van der Waals surface area contributed by atoms with E-state index in [9.17, 15) is 9.18 Å². The van der Waals surface area contributed by atoms with E-state index in [1.165, 1.54) is 18.6 Å². The molecule has 20 heavy (non-hydrogen) atoms. The highest BCUT2D eigenvalue weighted by Gasteiger charge is 2.27. The van der Waals surface area contributed by atoms with E-state index in [4.69, 9.17) is 5.73 Å². The van der Waals surface area contributed by atoms with Crippen molar-refractivity contribution in [3.8, 4) is 0 Å². The summed E-state index contributed by atoms with van der Waals surface area (Å²) in [5.74, 6) is -0.320. The number of amides is 1. The highest BCUT2D eigenvalue weighted by molar-refractivity contribution is 5.83. The van der Waals surface area contributed by atoms with Gasteiger partial charge in [0.15, 0.2) is 0 Å². The van der Waals surface area contributed by atoms with Crippen LogP contribution in [0, 0.1) is 11.7 Å². The second kappa shape index (κ2) is 6.84. The van der Waals surface area contributed by atoms with Crippen LogP contribution in [0.15, 0.2) is 24.3 Å². The van der Waals surface area contributed by atoms with Crippen LogP contribution >= 0.6 is 0 Å². The lowest BCUT2D eigenvalue weighted by Crippen LogP contribution is -2.46. The zero-order valence-corrected chi connectivity index (χ0v) is 11.9. The predicted molar refractivity (Wildman–Crippen MR) is 77.8 cm³/mol. The minimum atomic E-state index is -0.342. The summed E-state index contributed by atoms with van der Waals surface area (Å²) in [6.45, 7) is 2.42. The molecule has 0 radical (unpaired) electrons. The summed E-state index contributed by atoms with van der Waals surface area (Å²) >= 11 is 0. The molecule has 3 N–H and O–H groups in total. The van der Waals surface area contributed by atoms with Crippen LogP contribution in [-0.2, 0) is 4.79 Å². The third-order valence-corrected chi connectivity index (χ3v) is 4.28. The Morgan fingerprint density at radius 2 is 2.20 bits per heavy atom. The Morgan fingerprint density at radius 1 is 1.45 bits per heavy atom. The van der Waals surface area contributed by atoms with Gasteiger partial charge in [-0.1, -0.05) is 25.0 Å². The standard InChI is InChI=1S/C16H23FN2O/c1-11(12-6-4-7-14(17)9-12)16(20)19-15-8-3-2-5-13(15)10-18/h4,6-7,9,11,13,15H,2-3,5,8,10,18H2,1H3,(H,19,20). The molecule has 0 saturated heterocycles. The third-order valence-electron chi connectivity index (χ3n) is 4.28. The maximum absolute atomic E-state index is 13.2. The molecule has 0 aromatic heterocycles. The molecule has 1 aromatic rings. The van der Waals surface area contributed by atoms with Crippen LogP contribution in [0.4, 0.5) is 4.39 Å². The number of rotatable bonds is 4. The number of carbonyl (C=O) groups is 1. The quantitative estimate of drug-likeness (QED) is 0.889. The molecule has 2 rings (SSSR count). The number of benzene rings is 1. The van der Waals surface area contributed by atoms with Gasteiger partial charge in [-0.3, -0.25) is 4.79 Å². The predicted octanol–water partition coefficient (Wildman–Crippen LogP) is 2.56. The Labute approximate surface area is 119 Å². The van der Waals surface area contributed by atoms with Gasteiger partial charge < -0.3 is 11.1 Å². The number of hydrogen-bond acceptors (Lipinski definition) is 2. The van der Waals surface area contributed by atoms with Crippen LogP contribution in [0.2, 0.25) is 0 Å². The lowest BCUT2D eigenvalue weighted by molar-refractivity contribution is -0.123. The largest absolute Gasteiger partial charge is 0.353 e. The van der Waals surface area contributed by atoms with Gasteiger partial charge in [0.05, 0.1) is 5.92 Å². The van der Waals surface area contributed by atoms with Crippen molar-refractivity contribution in [2.75, 3.05) is 6.54 Å². The number of nitrogens with one attached hydrogen (secondary N) is 1. The second-order valence-electron chi connectivity index (χ2n) is 5.67. The van der Waals surface area contributed by atoms with Crippen LogP contribution < -0.4 is 11.1 Å². The molecule has 1 aromatic carbocycles. The van der Waals surface area contributed by atoms with Crippen molar-refractivity contribution in [3.63, 3.8) is 0 Å². The lowest BCUT2D eigenvalue weighted by Gasteiger charge is -2.32. The van der Waals surface area contributed by atoms with Crippen LogP contribution in [0.1, 0.15) is 44.1 Å². The molecule has 1 aliphatic carbocycles. The molecule has 0 aliphatic heterocycles. The fourth-order valence-corrected chi connectivity index (χ4v) is 2.91. The van der Waals surface area contributed by atoms with Gasteiger partial charge in [0, 0.05) is 6.04 Å². The summed E-state index contributed by atoms with van der Waals surface area (Å²) in [5, 5.41) is 3.10. The Balaban J connectivity index is 2.00. The molecule has 4 heteroatoms. The van der Waals surface area contributed by atoms with Gasteiger partial charge in [0.2, 0.25) is 5.91 Å². The van der Waals surface area contributed by atoms with Crippen molar-refractivity contribution in [1.29, 1.82) is 0 Å². The summed E-state index contributed by atoms with van der Waals surface area (Å²) in [7, 11) is 0. The van der Waals surface area contributed by atoms with E-state index in [0.29, 0.717) is 18.0 Å².